The van der Waals surface area contributed by atoms with E-state index in [9.17, 15) is 0 Å². The first-order chi connectivity index (χ1) is 7.74. The van der Waals surface area contributed by atoms with Crippen LogP contribution < -0.4 is 14.9 Å². The smallest absolute Gasteiger partial charge is 0.380 e. The minimum Gasteiger partial charge on any atom is -0.380 e. The van der Waals surface area contributed by atoms with Crippen molar-refractivity contribution < 1.29 is 4.43 Å². The summed E-state index contributed by atoms with van der Waals surface area (Å²) in [5.41, 5.74) is 0. The van der Waals surface area contributed by atoms with Gasteiger partial charge in [-0.05, 0) is 45.8 Å². The summed E-state index contributed by atoms with van der Waals surface area (Å²) in [4.78, 5) is 10.6. The molecule has 16 heavy (non-hydrogen) atoms. The molecule has 98 valence electrons. The second-order valence-electron chi connectivity index (χ2n) is 3.89. The fourth-order valence-corrected chi connectivity index (χ4v) is 4.38. The molecule has 0 saturated heterocycles. The molecule has 0 aliphatic rings. The van der Waals surface area contributed by atoms with Gasteiger partial charge in [-0.3, -0.25) is 14.9 Å². The van der Waals surface area contributed by atoms with Gasteiger partial charge in [0.1, 0.15) is 0 Å². The van der Waals surface area contributed by atoms with Crippen molar-refractivity contribution in [3.8, 4) is 0 Å². The summed E-state index contributed by atoms with van der Waals surface area (Å²) in [7, 11) is -2.11. The van der Waals surface area contributed by atoms with Crippen molar-refractivity contribution in [1.82, 2.24) is 14.9 Å². The Labute approximate surface area is 102 Å². The largest absolute Gasteiger partial charge is 0.440 e. The number of nitrogens with one attached hydrogen (secondary N) is 3. The molecule has 0 aromatic rings. The Morgan fingerprint density at radius 3 is 1.38 bits per heavy atom. The van der Waals surface area contributed by atoms with E-state index in [2.05, 4.69) is 42.6 Å². The van der Waals surface area contributed by atoms with Gasteiger partial charge in [-0.25, -0.2) is 0 Å². The third-order valence-electron chi connectivity index (χ3n) is 2.23. The van der Waals surface area contributed by atoms with E-state index in [0.717, 1.165) is 45.5 Å². The Bertz CT molecular complexity index is 136. The summed E-state index contributed by atoms with van der Waals surface area (Å²) < 4.78 is 5.94. The van der Waals surface area contributed by atoms with Gasteiger partial charge < -0.3 is 4.43 Å². The molecule has 0 unspecified atom stereocenters. The summed E-state index contributed by atoms with van der Waals surface area (Å²) >= 11 is 0. The summed E-state index contributed by atoms with van der Waals surface area (Å²) in [6.07, 6.45) is 3.39. The molecule has 5 heteroatoms. The lowest BCUT2D eigenvalue weighted by atomic mass is 10.5. The molecule has 0 aromatic carbocycles. The van der Waals surface area contributed by atoms with Crippen LogP contribution in [0.4, 0.5) is 0 Å². The summed E-state index contributed by atoms with van der Waals surface area (Å²) in [5, 5.41) is 0. The molecular weight excluding hydrogens is 218 g/mol. The van der Waals surface area contributed by atoms with Crippen LogP contribution >= 0.6 is 0 Å². The summed E-state index contributed by atoms with van der Waals surface area (Å²) in [5.74, 6) is 0. The van der Waals surface area contributed by atoms with Crippen molar-refractivity contribution in [2.24, 2.45) is 0 Å². The minimum atomic E-state index is -2.11. The fourth-order valence-electron chi connectivity index (χ4n) is 1.46. The average Bonchev–Trinajstić information content (AvgIpc) is 2.31. The van der Waals surface area contributed by atoms with E-state index >= 15 is 0 Å². The van der Waals surface area contributed by atoms with E-state index < -0.39 is 8.80 Å². The highest BCUT2D eigenvalue weighted by atomic mass is 28.4. The quantitative estimate of drug-likeness (QED) is 0.484. The number of hydrogen-bond acceptors (Lipinski definition) is 4. The molecule has 0 spiro atoms. The lowest BCUT2D eigenvalue weighted by Crippen LogP contribution is -2.74. The number of hydrogen-bond donors (Lipinski definition) is 3. The van der Waals surface area contributed by atoms with Crippen LogP contribution in [0, 0.1) is 0 Å². The lowest BCUT2D eigenvalue weighted by Gasteiger charge is -2.32. The Kier molecular flexibility index (Phi) is 10.3. The molecule has 0 radical (unpaired) electrons. The zero-order chi connectivity index (χ0) is 12.3. The summed E-state index contributed by atoms with van der Waals surface area (Å²) in [6.45, 7) is 12.3. The Hall–Kier alpha value is 0.0569. The molecule has 0 fully saturated rings. The Balaban J connectivity index is 4.32. The van der Waals surface area contributed by atoms with Crippen molar-refractivity contribution in [1.29, 1.82) is 0 Å². The van der Waals surface area contributed by atoms with Crippen LogP contribution in [0.5, 0.6) is 0 Å². The van der Waals surface area contributed by atoms with E-state index in [-0.39, 0.29) is 0 Å². The van der Waals surface area contributed by atoms with Gasteiger partial charge in [0, 0.05) is 6.61 Å². The van der Waals surface area contributed by atoms with Crippen molar-refractivity contribution in [3.05, 3.63) is 0 Å². The van der Waals surface area contributed by atoms with E-state index in [1.165, 1.54) is 0 Å². The molecule has 0 saturated carbocycles. The molecule has 0 amide bonds. The Morgan fingerprint density at radius 2 is 1.12 bits per heavy atom. The van der Waals surface area contributed by atoms with E-state index in [4.69, 9.17) is 4.43 Å². The number of rotatable bonds is 11. The molecule has 0 heterocycles. The Morgan fingerprint density at radius 1 is 0.750 bits per heavy atom. The van der Waals surface area contributed by atoms with Crippen LogP contribution in [0.1, 0.15) is 47.0 Å². The minimum absolute atomic E-state index is 0.746. The second-order valence-corrected chi connectivity index (χ2v) is 6.61. The van der Waals surface area contributed by atoms with Gasteiger partial charge in [0.05, 0.1) is 0 Å². The van der Waals surface area contributed by atoms with Crippen LogP contribution in [0.25, 0.3) is 0 Å². The highest BCUT2D eigenvalue weighted by Crippen LogP contribution is 1.94. The van der Waals surface area contributed by atoms with Crippen molar-refractivity contribution >= 4 is 8.80 Å². The summed E-state index contributed by atoms with van der Waals surface area (Å²) in [6, 6.07) is 0. The molecular formula is C11H29N3OSi. The van der Waals surface area contributed by atoms with Crippen LogP contribution in [0.15, 0.2) is 0 Å². The maximum atomic E-state index is 5.94. The molecule has 0 aromatic heterocycles. The third kappa shape index (κ3) is 6.60. The van der Waals surface area contributed by atoms with Crippen LogP contribution in [0.3, 0.4) is 0 Å². The maximum absolute atomic E-state index is 5.94. The predicted molar refractivity (Wildman–Crippen MR) is 72.3 cm³/mol. The van der Waals surface area contributed by atoms with Crippen LogP contribution in [-0.2, 0) is 4.43 Å². The van der Waals surface area contributed by atoms with Gasteiger partial charge in [-0.15, -0.1) is 0 Å². The van der Waals surface area contributed by atoms with Crippen LogP contribution in [0.2, 0.25) is 0 Å². The van der Waals surface area contributed by atoms with Gasteiger partial charge in [0.25, 0.3) is 0 Å². The maximum Gasteiger partial charge on any atom is 0.440 e. The van der Waals surface area contributed by atoms with E-state index in [1.54, 1.807) is 0 Å². The first kappa shape index (κ1) is 16.1. The first-order valence-electron chi connectivity index (χ1n) is 6.63. The zero-order valence-corrected chi connectivity index (χ0v) is 12.4. The van der Waals surface area contributed by atoms with Gasteiger partial charge in [0.15, 0.2) is 0 Å². The monoisotopic (exact) mass is 247 g/mol. The standard InChI is InChI=1S/C11H29N3OSi/c1-5-9-12-16(15-8-4,13-10-6-2)14-11-7-3/h12-14H,5-11H2,1-4H3. The topological polar surface area (TPSA) is 45.3 Å². The van der Waals surface area contributed by atoms with Crippen molar-refractivity contribution in [2.45, 2.75) is 47.0 Å². The van der Waals surface area contributed by atoms with Gasteiger partial charge >= 0.3 is 8.80 Å². The van der Waals surface area contributed by atoms with Gasteiger partial charge in [-0.2, -0.15) is 0 Å². The predicted octanol–water partition coefficient (Wildman–Crippen LogP) is 1.46. The molecule has 0 bridgehead atoms. The van der Waals surface area contributed by atoms with Crippen molar-refractivity contribution in [2.75, 3.05) is 26.2 Å². The highest BCUT2D eigenvalue weighted by Gasteiger charge is 2.34. The normalized spacial score (nSPS) is 12.0. The van der Waals surface area contributed by atoms with Gasteiger partial charge in [-0.1, -0.05) is 20.8 Å². The zero-order valence-electron chi connectivity index (χ0n) is 11.4. The third-order valence-corrected chi connectivity index (χ3v) is 5.20. The molecule has 0 rings (SSSR count). The lowest BCUT2D eigenvalue weighted by molar-refractivity contribution is 0.285. The van der Waals surface area contributed by atoms with Crippen molar-refractivity contribution in [3.63, 3.8) is 0 Å². The van der Waals surface area contributed by atoms with Crippen LogP contribution in [-0.4, -0.2) is 35.0 Å². The second kappa shape index (κ2) is 10.2. The van der Waals surface area contributed by atoms with Gasteiger partial charge in [0.2, 0.25) is 0 Å². The molecule has 4 nitrogen and oxygen atoms in total. The molecule has 0 aliphatic carbocycles. The fraction of sp³-hybridized carbons (Fsp3) is 1.00. The average molecular weight is 247 g/mol. The first-order valence-corrected chi connectivity index (χ1v) is 8.54. The molecule has 3 N–H and O–H groups in total. The highest BCUT2D eigenvalue weighted by molar-refractivity contribution is 6.66. The molecule has 0 atom stereocenters. The van der Waals surface area contributed by atoms with E-state index in [0.29, 0.717) is 0 Å². The van der Waals surface area contributed by atoms with E-state index in [1.807, 2.05) is 0 Å². The molecule has 0 aliphatic heterocycles. The SMILES string of the molecule is CCCN[Si](NCCC)(NCCC)OCC.